The van der Waals surface area contributed by atoms with Gasteiger partial charge in [0.25, 0.3) is 0 Å². The Labute approximate surface area is 187 Å². The van der Waals surface area contributed by atoms with Crippen molar-refractivity contribution >= 4 is 6.09 Å². The van der Waals surface area contributed by atoms with Gasteiger partial charge in [-0.1, -0.05) is 12.1 Å². The van der Waals surface area contributed by atoms with Crippen molar-refractivity contribution in [2.24, 2.45) is 0 Å². The number of rotatable bonds is 5. The zero-order valence-electron chi connectivity index (χ0n) is 18.6. The number of aliphatic hydroxyl groups is 1. The minimum absolute atomic E-state index is 0.0352. The van der Waals surface area contributed by atoms with Crippen molar-refractivity contribution in [2.45, 2.75) is 51.2 Å². The Morgan fingerprint density at radius 2 is 2.00 bits per heavy atom. The highest BCUT2D eigenvalue weighted by Gasteiger charge is 2.39. The van der Waals surface area contributed by atoms with Gasteiger partial charge in [0.05, 0.1) is 23.9 Å². The number of piperidine rings is 1. The summed E-state index contributed by atoms with van der Waals surface area (Å²) in [5.74, 6) is -0.199. The molecule has 2 aromatic rings. The number of nitriles is 1. The van der Waals surface area contributed by atoms with Crippen LogP contribution in [-0.2, 0) is 16.8 Å². The molecule has 0 atom stereocenters. The highest BCUT2D eigenvalue weighted by molar-refractivity contribution is 5.68. The van der Waals surface area contributed by atoms with Crippen molar-refractivity contribution in [3.63, 3.8) is 0 Å². The van der Waals surface area contributed by atoms with Gasteiger partial charge in [-0.15, -0.1) is 0 Å². The fourth-order valence-electron chi connectivity index (χ4n) is 3.62. The molecular formula is C24H28FN3O4. The molecule has 1 aliphatic rings. The molecule has 170 valence electrons. The Kier molecular flexibility index (Phi) is 6.99. The molecule has 8 heteroatoms. The van der Waals surface area contributed by atoms with Crippen LogP contribution in [0.5, 0.6) is 5.88 Å². The average Bonchev–Trinajstić information content (AvgIpc) is 2.77. The van der Waals surface area contributed by atoms with Gasteiger partial charge in [-0.2, -0.15) is 5.26 Å². The minimum Gasteiger partial charge on any atom is -0.473 e. The lowest BCUT2D eigenvalue weighted by molar-refractivity contribution is 0.0118. The molecule has 1 amide bonds. The van der Waals surface area contributed by atoms with Crippen LogP contribution in [0.4, 0.5) is 9.18 Å². The second-order valence-electron chi connectivity index (χ2n) is 8.97. The molecule has 0 unspecified atom stereocenters. The molecule has 2 heterocycles. The van der Waals surface area contributed by atoms with Crippen LogP contribution in [0.25, 0.3) is 0 Å². The van der Waals surface area contributed by atoms with E-state index in [4.69, 9.17) is 14.7 Å². The molecule has 1 aromatic carbocycles. The van der Waals surface area contributed by atoms with Crippen molar-refractivity contribution < 1.29 is 23.8 Å². The number of amides is 1. The van der Waals surface area contributed by atoms with Crippen LogP contribution in [0.15, 0.2) is 36.4 Å². The molecule has 3 rings (SSSR count). The lowest BCUT2D eigenvalue weighted by Gasteiger charge is -2.40. The van der Waals surface area contributed by atoms with E-state index in [9.17, 15) is 14.3 Å². The maximum Gasteiger partial charge on any atom is 0.410 e. The van der Waals surface area contributed by atoms with Crippen LogP contribution in [0.2, 0.25) is 0 Å². The van der Waals surface area contributed by atoms with E-state index in [2.05, 4.69) is 4.98 Å². The summed E-state index contributed by atoms with van der Waals surface area (Å²) < 4.78 is 25.2. The van der Waals surface area contributed by atoms with Crippen molar-refractivity contribution in [1.29, 1.82) is 5.26 Å². The molecular weight excluding hydrogens is 413 g/mol. The largest absolute Gasteiger partial charge is 0.473 e. The fourth-order valence-corrected chi connectivity index (χ4v) is 3.62. The van der Waals surface area contributed by atoms with E-state index < -0.39 is 16.8 Å². The first-order valence-electron chi connectivity index (χ1n) is 10.5. The number of ether oxygens (including phenoxy) is 2. The quantitative estimate of drug-likeness (QED) is 0.755. The topological polar surface area (TPSA) is 95.7 Å². The summed E-state index contributed by atoms with van der Waals surface area (Å²) in [4.78, 5) is 18.6. The zero-order valence-corrected chi connectivity index (χ0v) is 18.6. The number of carbonyl (C=O) groups is 1. The predicted molar refractivity (Wildman–Crippen MR) is 115 cm³/mol. The van der Waals surface area contributed by atoms with Crippen molar-refractivity contribution in [3.05, 3.63) is 59.0 Å². The van der Waals surface area contributed by atoms with E-state index in [0.29, 0.717) is 43.1 Å². The van der Waals surface area contributed by atoms with Crippen LogP contribution < -0.4 is 4.74 Å². The molecule has 1 aromatic heterocycles. The molecule has 1 saturated heterocycles. The third-order valence-electron chi connectivity index (χ3n) is 5.50. The van der Waals surface area contributed by atoms with E-state index in [0.717, 1.165) is 0 Å². The molecule has 0 bridgehead atoms. The van der Waals surface area contributed by atoms with Crippen molar-refractivity contribution in [2.75, 3.05) is 19.7 Å². The number of aliphatic hydroxyl groups excluding tert-OH is 1. The van der Waals surface area contributed by atoms with Gasteiger partial charge in [0.15, 0.2) is 0 Å². The summed E-state index contributed by atoms with van der Waals surface area (Å²) >= 11 is 0. The van der Waals surface area contributed by atoms with Gasteiger partial charge in [-0.3, -0.25) is 0 Å². The number of hydrogen-bond acceptors (Lipinski definition) is 6. The van der Waals surface area contributed by atoms with Gasteiger partial charge < -0.3 is 19.5 Å². The van der Waals surface area contributed by atoms with Crippen LogP contribution in [0.3, 0.4) is 0 Å². The third-order valence-corrected chi connectivity index (χ3v) is 5.50. The van der Waals surface area contributed by atoms with E-state index in [1.54, 1.807) is 17.0 Å². The maximum absolute atomic E-state index is 14.1. The monoisotopic (exact) mass is 441 g/mol. The van der Waals surface area contributed by atoms with E-state index in [1.807, 2.05) is 32.9 Å². The summed E-state index contributed by atoms with van der Waals surface area (Å²) in [5.41, 5.74) is 0.0660. The van der Waals surface area contributed by atoms with Gasteiger partial charge in [0.2, 0.25) is 5.88 Å². The molecule has 1 N–H and O–H groups in total. The van der Waals surface area contributed by atoms with Gasteiger partial charge in [-0.05, 0) is 51.8 Å². The number of nitrogens with zero attached hydrogens (tertiary/aromatic N) is 3. The normalized spacial score (nSPS) is 15.7. The summed E-state index contributed by atoms with van der Waals surface area (Å²) in [6.07, 6.45) is 0.700. The summed E-state index contributed by atoms with van der Waals surface area (Å²) in [5, 5.41) is 19.1. The predicted octanol–water partition coefficient (Wildman–Crippen LogP) is 3.93. The van der Waals surface area contributed by atoms with Crippen molar-refractivity contribution in [1.82, 2.24) is 9.88 Å². The number of pyridine rings is 1. The number of carbonyl (C=O) groups excluding carboxylic acids is 1. The number of hydrogen-bond donors (Lipinski definition) is 1. The number of likely N-dealkylation sites (tertiary alicyclic amines) is 1. The van der Waals surface area contributed by atoms with Gasteiger partial charge in [0, 0.05) is 30.1 Å². The Hall–Kier alpha value is -3.18. The van der Waals surface area contributed by atoms with Crippen LogP contribution >= 0.6 is 0 Å². The first-order chi connectivity index (χ1) is 15.2. The summed E-state index contributed by atoms with van der Waals surface area (Å²) in [6.45, 7) is 6.21. The molecule has 0 spiro atoms. The molecule has 0 aliphatic carbocycles. The lowest BCUT2D eigenvalue weighted by Crippen LogP contribution is -2.48. The fraction of sp³-hybridized carbons (Fsp3) is 0.458. The number of benzene rings is 1. The zero-order chi connectivity index (χ0) is 23.4. The van der Waals surface area contributed by atoms with E-state index in [-0.39, 0.29) is 24.9 Å². The Morgan fingerprint density at radius 1 is 1.28 bits per heavy atom. The van der Waals surface area contributed by atoms with E-state index >= 15 is 0 Å². The molecule has 7 nitrogen and oxygen atoms in total. The summed E-state index contributed by atoms with van der Waals surface area (Å²) in [6, 6.07) is 11.4. The second kappa shape index (κ2) is 9.53. The van der Waals surface area contributed by atoms with Crippen LogP contribution in [0.1, 0.15) is 50.4 Å². The van der Waals surface area contributed by atoms with Gasteiger partial charge in [-0.25, -0.2) is 14.2 Å². The average molecular weight is 442 g/mol. The SMILES string of the molecule is CC(C)(C)OC(=O)N1CCC(CO)(c2cccc(OCc3ccc(C#N)cc3F)n2)CC1. The maximum atomic E-state index is 14.1. The van der Waals surface area contributed by atoms with Crippen LogP contribution in [-0.4, -0.2) is 46.4 Å². The smallest absolute Gasteiger partial charge is 0.410 e. The highest BCUT2D eigenvalue weighted by Crippen LogP contribution is 2.35. The standard InChI is InChI=1S/C24H28FN3O4/c1-23(2,3)32-22(30)28-11-9-24(16-29,10-12-28)20-5-4-6-21(27-20)31-15-18-8-7-17(14-26)13-19(18)25/h4-8,13,29H,9-12,15-16H2,1-3H3. The summed E-state index contributed by atoms with van der Waals surface area (Å²) in [7, 11) is 0. The van der Waals surface area contributed by atoms with Gasteiger partial charge in [0.1, 0.15) is 18.0 Å². The number of halogens is 1. The lowest BCUT2D eigenvalue weighted by atomic mass is 9.76. The molecule has 32 heavy (non-hydrogen) atoms. The second-order valence-corrected chi connectivity index (χ2v) is 8.97. The minimum atomic E-state index is -0.600. The third kappa shape index (κ3) is 5.54. The van der Waals surface area contributed by atoms with E-state index in [1.165, 1.54) is 18.2 Å². The van der Waals surface area contributed by atoms with Gasteiger partial charge >= 0.3 is 6.09 Å². The molecule has 0 radical (unpaired) electrons. The van der Waals surface area contributed by atoms with Crippen molar-refractivity contribution in [3.8, 4) is 11.9 Å². The molecule has 1 aliphatic heterocycles. The Morgan fingerprint density at radius 3 is 2.59 bits per heavy atom. The first-order valence-corrected chi connectivity index (χ1v) is 10.5. The Bertz CT molecular complexity index is 1010. The molecule has 1 fully saturated rings. The Balaban J connectivity index is 1.68. The first kappa shape index (κ1) is 23.5. The van der Waals surface area contributed by atoms with Crippen LogP contribution in [0, 0.1) is 17.1 Å². The number of aromatic nitrogens is 1. The highest BCUT2D eigenvalue weighted by atomic mass is 19.1. The molecule has 0 saturated carbocycles.